The van der Waals surface area contributed by atoms with E-state index in [2.05, 4.69) is 16.9 Å². The number of nitrogens with zero attached hydrogens (tertiary/aromatic N) is 1. The van der Waals surface area contributed by atoms with Gasteiger partial charge in [0.25, 0.3) is 0 Å². The van der Waals surface area contributed by atoms with Gasteiger partial charge in [0.15, 0.2) is 0 Å². The number of rotatable bonds is 3. The molecule has 0 aliphatic carbocycles. The molecule has 1 atom stereocenters. The van der Waals surface area contributed by atoms with E-state index in [9.17, 15) is 4.39 Å². The van der Waals surface area contributed by atoms with Crippen LogP contribution in [0.4, 0.5) is 4.39 Å². The largest absolute Gasteiger partial charge is 0.341 e. The fourth-order valence-corrected chi connectivity index (χ4v) is 1.62. The molecule has 0 spiro atoms. The molecule has 1 aromatic carbocycles. The van der Waals surface area contributed by atoms with E-state index in [0.29, 0.717) is 5.52 Å². The predicted octanol–water partition coefficient (Wildman–Crippen LogP) is 2.50. The quantitative estimate of drug-likeness (QED) is 0.812. The Hall–Kier alpha value is -1.42. The lowest BCUT2D eigenvalue weighted by molar-refractivity contribution is 0.610. The monoisotopic (exact) mass is 207 g/mol. The molecule has 4 heteroatoms. The lowest BCUT2D eigenvalue weighted by Gasteiger charge is -2.04. The van der Waals surface area contributed by atoms with Crippen molar-refractivity contribution in [3.05, 3.63) is 29.8 Å². The number of halogens is 1. The van der Waals surface area contributed by atoms with Gasteiger partial charge in [-0.15, -0.1) is 0 Å². The Balaban J connectivity index is 2.38. The predicted molar refractivity (Wildman–Crippen MR) is 57.9 cm³/mol. The maximum absolute atomic E-state index is 12.9. The van der Waals surface area contributed by atoms with Crippen LogP contribution in [-0.4, -0.2) is 9.97 Å². The first-order chi connectivity index (χ1) is 7.20. The van der Waals surface area contributed by atoms with E-state index in [4.69, 9.17) is 5.73 Å². The van der Waals surface area contributed by atoms with Crippen molar-refractivity contribution in [1.82, 2.24) is 9.97 Å². The highest BCUT2D eigenvalue weighted by Gasteiger charge is 2.10. The number of fused-ring (bicyclic) bond motifs is 1. The minimum Gasteiger partial charge on any atom is -0.341 e. The Kier molecular flexibility index (Phi) is 2.68. The molecule has 0 radical (unpaired) electrons. The standard InChI is InChI=1S/C11H14FN3/c1-2-3-8(13)11-14-9-5-4-7(12)6-10(9)15-11/h4-6,8H,2-3,13H2,1H3,(H,14,15). The van der Waals surface area contributed by atoms with Gasteiger partial charge >= 0.3 is 0 Å². The minimum atomic E-state index is -0.262. The number of hydrogen-bond donors (Lipinski definition) is 2. The van der Waals surface area contributed by atoms with Crippen molar-refractivity contribution in [2.45, 2.75) is 25.8 Å². The number of nitrogens with two attached hydrogens (primary N) is 1. The molecule has 3 nitrogen and oxygen atoms in total. The van der Waals surface area contributed by atoms with Crippen molar-refractivity contribution in [3.8, 4) is 0 Å². The molecular formula is C11H14FN3. The van der Waals surface area contributed by atoms with Gasteiger partial charge in [-0.3, -0.25) is 0 Å². The smallest absolute Gasteiger partial charge is 0.125 e. The van der Waals surface area contributed by atoms with E-state index < -0.39 is 0 Å². The van der Waals surface area contributed by atoms with Crippen molar-refractivity contribution < 1.29 is 4.39 Å². The molecule has 0 bridgehead atoms. The summed E-state index contributed by atoms with van der Waals surface area (Å²) < 4.78 is 12.9. The summed E-state index contributed by atoms with van der Waals surface area (Å²) in [6.45, 7) is 2.07. The third-order valence-electron chi connectivity index (χ3n) is 2.41. The number of aromatic nitrogens is 2. The molecule has 1 unspecified atom stereocenters. The molecule has 0 saturated heterocycles. The van der Waals surface area contributed by atoms with Gasteiger partial charge in [0.2, 0.25) is 0 Å². The summed E-state index contributed by atoms with van der Waals surface area (Å²) in [4.78, 5) is 7.37. The highest BCUT2D eigenvalue weighted by atomic mass is 19.1. The van der Waals surface area contributed by atoms with E-state index in [1.807, 2.05) is 0 Å². The molecule has 1 aromatic heterocycles. The Bertz CT molecular complexity index is 464. The van der Waals surface area contributed by atoms with Crippen molar-refractivity contribution in [3.63, 3.8) is 0 Å². The molecule has 0 fully saturated rings. The van der Waals surface area contributed by atoms with Crippen LogP contribution >= 0.6 is 0 Å². The van der Waals surface area contributed by atoms with Crippen LogP contribution in [0.5, 0.6) is 0 Å². The lowest BCUT2D eigenvalue weighted by Crippen LogP contribution is -2.11. The molecule has 2 rings (SSSR count). The van der Waals surface area contributed by atoms with Crippen LogP contribution in [0.25, 0.3) is 11.0 Å². The molecule has 1 heterocycles. The van der Waals surface area contributed by atoms with Crippen LogP contribution in [0.1, 0.15) is 31.6 Å². The molecule has 0 aliphatic rings. The zero-order valence-electron chi connectivity index (χ0n) is 8.63. The zero-order chi connectivity index (χ0) is 10.8. The first-order valence-corrected chi connectivity index (χ1v) is 5.11. The highest BCUT2D eigenvalue weighted by Crippen LogP contribution is 2.18. The third-order valence-corrected chi connectivity index (χ3v) is 2.41. The first kappa shape index (κ1) is 10.1. The van der Waals surface area contributed by atoms with E-state index in [0.717, 1.165) is 24.2 Å². The number of nitrogens with one attached hydrogen (secondary N) is 1. The molecule has 80 valence electrons. The third kappa shape index (κ3) is 1.99. The normalized spacial score (nSPS) is 13.3. The van der Waals surface area contributed by atoms with E-state index >= 15 is 0 Å². The Labute approximate surface area is 87.5 Å². The second kappa shape index (κ2) is 3.98. The van der Waals surface area contributed by atoms with Crippen LogP contribution < -0.4 is 5.73 Å². The van der Waals surface area contributed by atoms with Gasteiger partial charge in [-0.1, -0.05) is 13.3 Å². The van der Waals surface area contributed by atoms with Gasteiger partial charge in [0.1, 0.15) is 11.6 Å². The highest BCUT2D eigenvalue weighted by molar-refractivity contribution is 5.75. The topological polar surface area (TPSA) is 54.7 Å². The number of imidazole rings is 1. The molecule has 0 aliphatic heterocycles. The summed E-state index contributed by atoms with van der Waals surface area (Å²) in [5.41, 5.74) is 7.39. The second-order valence-corrected chi connectivity index (χ2v) is 3.68. The average molecular weight is 207 g/mol. The Morgan fingerprint density at radius 3 is 3.07 bits per heavy atom. The van der Waals surface area contributed by atoms with E-state index in [-0.39, 0.29) is 11.9 Å². The molecule has 0 amide bonds. The lowest BCUT2D eigenvalue weighted by atomic mass is 10.2. The molecular weight excluding hydrogens is 193 g/mol. The fourth-order valence-electron chi connectivity index (χ4n) is 1.62. The summed E-state index contributed by atoms with van der Waals surface area (Å²) in [5, 5.41) is 0. The van der Waals surface area contributed by atoms with Crippen molar-refractivity contribution in [2.24, 2.45) is 5.73 Å². The number of hydrogen-bond acceptors (Lipinski definition) is 2. The number of H-pyrrole nitrogens is 1. The summed E-state index contributed by atoms with van der Waals surface area (Å²) in [6, 6.07) is 4.40. The van der Waals surface area contributed by atoms with Gasteiger partial charge < -0.3 is 10.7 Å². The molecule has 15 heavy (non-hydrogen) atoms. The Morgan fingerprint density at radius 1 is 1.53 bits per heavy atom. The molecule has 3 N–H and O–H groups in total. The maximum atomic E-state index is 12.9. The van der Waals surface area contributed by atoms with Gasteiger partial charge in [0.05, 0.1) is 17.1 Å². The van der Waals surface area contributed by atoms with Crippen molar-refractivity contribution >= 4 is 11.0 Å². The molecule has 0 saturated carbocycles. The average Bonchev–Trinajstić information content (AvgIpc) is 2.60. The van der Waals surface area contributed by atoms with Crippen molar-refractivity contribution in [2.75, 3.05) is 0 Å². The first-order valence-electron chi connectivity index (χ1n) is 5.11. The second-order valence-electron chi connectivity index (χ2n) is 3.68. The summed E-state index contributed by atoms with van der Waals surface area (Å²) in [5.74, 6) is 0.471. The minimum absolute atomic E-state index is 0.0922. The van der Waals surface area contributed by atoms with Gasteiger partial charge in [-0.05, 0) is 24.6 Å². The van der Waals surface area contributed by atoms with Crippen LogP contribution in [0.15, 0.2) is 18.2 Å². The zero-order valence-corrected chi connectivity index (χ0v) is 8.63. The van der Waals surface area contributed by atoms with E-state index in [1.54, 1.807) is 6.07 Å². The van der Waals surface area contributed by atoms with Crippen LogP contribution in [0, 0.1) is 5.82 Å². The Morgan fingerprint density at radius 2 is 2.33 bits per heavy atom. The van der Waals surface area contributed by atoms with Crippen LogP contribution in [0.2, 0.25) is 0 Å². The van der Waals surface area contributed by atoms with Gasteiger partial charge in [-0.2, -0.15) is 0 Å². The number of aromatic amines is 1. The van der Waals surface area contributed by atoms with Gasteiger partial charge in [0, 0.05) is 0 Å². The molecule has 2 aromatic rings. The summed E-state index contributed by atoms with van der Waals surface area (Å²) in [6.07, 6.45) is 1.88. The number of benzene rings is 1. The fraction of sp³-hybridized carbons (Fsp3) is 0.364. The summed E-state index contributed by atoms with van der Waals surface area (Å²) >= 11 is 0. The van der Waals surface area contributed by atoms with Crippen molar-refractivity contribution in [1.29, 1.82) is 0 Å². The van der Waals surface area contributed by atoms with Crippen LogP contribution in [0.3, 0.4) is 0 Å². The van der Waals surface area contributed by atoms with Crippen LogP contribution in [-0.2, 0) is 0 Å². The SMILES string of the molecule is CCCC(N)c1nc2ccc(F)cc2[nH]1. The van der Waals surface area contributed by atoms with E-state index in [1.165, 1.54) is 12.1 Å². The van der Waals surface area contributed by atoms with Gasteiger partial charge in [-0.25, -0.2) is 9.37 Å². The summed E-state index contributed by atoms with van der Waals surface area (Å²) in [7, 11) is 0. The maximum Gasteiger partial charge on any atom is 0.125 e.